The number of hydrogen-bond acceptors (Lipinski definition) is 3. The van der Waals surface area contributed by atoms with Crippen LogP contribution in [0.5, 0.6) is 5.75 Å². The molecule has 99 valence electrons. The van der Waals surface area contributed by atoms with E-state index >= 15 is 0 Å². The van der Waals surface area contributed by atoms with E-state index in [4.69, 9.17) is 4.74 Å². The smallest absolute Gasteiger partial charge is 0.119 e. The molecule has 1 aromatic rings. The molecule has 0 aliphatic carbocycles. The van der Waals surface area contributed by atoms with Gasteiger partial charge in [0.25, 0.3) is 0 Å². The maximum absolute atomic E-state index is 5.71. The van der Waals surface area contributed by atoms with Crippen LogP contribution >= 0.6 is 0 Å². The lowest BCUT2D eigenvalue weighted by Crippen LogP contribution is -2.44. The van der Waals surface area contributed by atoms with E-state index in [-0.39, 0.29) is 0 Å². The van der Waals surface area contributed by atoms with E-state index in [2.05, 4.69) is 23.8 Å². The predicted octanol–water partition coefficient (Wildman–Crippen LogP) is 1.89. The standard InChI is InChI=1S/C15H23N2O/c1-14-4-6-15(7-5-14)18-13-3-8-17-11-9-16(2)10-12-17/h4-7H,1,3,8-13H2,2H3. The van der Waals surface area contributed by atoms with Gasteiger partial charge in [0, 0.05) is 32.7 Å². The first-order valence-electron chi connectivity index (χ1n) is 6.70. The summed E-state index contributed by atoms with van der Waals surface area (Å²) in [5.41, 5.74) is 1.03. The Morgan fingerprint density at radius 3 is 2.44 bits per heavy atom. The minimum atomic E-state index is 0.794. The highest BCUT2D eigenvalue weighted by Crippen LogP contribution is 2.11. The molecule has 0 amide bonds. The van der Waals surface area contributed by atoms with Gasteiger partial charge in [-0.1, -0.05) is 12.1 Å². The minimum absolute atomic E-state index is 0.794. The molecule has 1 aliphatic heterocycles. The number of rotatable bonds is 5. The number of likely N-dealkylation sites (N-methyl/N-ethyl adjacent to an activating group) is 1. The van der Waals surface area contributed by atoms with Gasteiger partial charge in [0.1, 0.15) is 5.75 Å². The van der Waals surface area contributed by atoms with E-state index in [1.165, 1.54) is 26.2 Å². The van der Waals surface area contributed by atoms with Crippen molar-refractivity contribution in [2.75, 3.05) is 46.4 Å². The van der Waals surface area contributed by atoms with E-state index < -0.39 is 0 Å². The highest BCUT2D eigenvalue weighted by molar-refractivity contribution is 5.28. The molecule has 0 saturated carbocycles. The van der Waals surface area contributed by atoms with Crippen LogP contribution in [0.15, 0.2) is 24.3 Å². The van der Waals surface area contributed by atoms with Crippen molar-refractivity contribution in [3.63, 3.8) is 0 Å². The molecule has 1 saturated heterocycles. The number of nitrogens with zero attached hydrogens (tertiary/aromatic N) is 2. The van der Waals surface area contributed by atoms with Crippen LogP contribution in [0.4, 0.5) is 0 Å². The second-order valence-electron chi connectivity index (χ2n) is 4.99. The number of piperazine rings is 1. The fourth-order valence-corrected chi connectivity index (χ4v) is 2.14. The average Bonchev–Trinajstić information content (AvgIpc) is 2.39. The molecular weight excluding hydrogens is 224 g/mol. The van der Waals surface area contributed by atoms with Crippen LogP contribution in [0.2, 0.25) is 0 Å². The van der Waals surface area contributed by atoms with Gasteiger partial charge in [-0.05, 0) is 38.1 Å². The van der Waals surface area contributed by atoms with Crippen LogP contribution in [0.1, 0.15) is 12.0 Å². The Morgan fingerprint density at radius 1 is 1.11 bits per heavy atom. The van der Waals surface area contributed by atoms with Gasteiger partial charge in [-0.15, -0.1) is 0 Å². The van der Waals surface area contributed by atoms with Crippen LogP contribution in [-0.2, 0) is 0 Å². The van der Waals surface area contributed by atoms with Crippen molar-refractivity contribution in [1.82, 2.24) is 9.80 Å². The maximum Gasteiger partial charge on any atom is 0.119 e. The lowest BCUT2D eigenvalue weighted by molar-refractivity contribution is 0.145. The zero-order valence-electron chi connectivity index (χ0n) is 11.3. The normalized spacial score (nSPS) is 17.9. The summed E-state index contributed by atoms with van der Waals surface area (Å²) in [7, 11) is 2.19. The van der Waals surface area contributed by atoms with Crippen molar-refractivity contribution in [3.05, 3.63) is 36.8 Å². The Kier molecular flexibility index (Phi) is 5.02. The van der Waals surface area contributed by atoms with Crippen molar-refractivity contribution in [3.8, 4) is 5.75 Å². The number of ether oxygens (including phenoxy) is 1. The quantitative estimate of drug-likeness (QED) is 0.739. The van der Waals surface area contributed by atoms with Crippen molar-refractivity contribution in [2.45, 2.75) is 6.42 Å². The summed E-state index contributed by atoms with van der Waals surface area (Å²) in [6, 6.07) is 7.93. The van der Waals surface area contributed by atoms with Gasteiger partial charge in [0.15, 0.2) is 0 Å². The fourth-order valence-electron chi connectivity index (χ4n) is 2.14. The van der Waals surface area contributed by atoms with Gasteiger partial charge in [-0.3, -0.25) is 0 Å². The second-order valence-corrected chi connectivity index (χ2v) is 4.99. The zero-order valence-corrected chi connectivity index (χ0v) is 11.3. The second kappa shape index (κ2) is 6.76. The maximum atomic E-state index is 5.71. The summed E-state index contributed by atoms with van der Waals surface area (Å²) < 4.78 is 5.71. The topological polar surface area (TPSA) is 15.7 Å². The van der Waals surface area contributed by atoms with Crippen LogP contribution in [-0.4, -0.2) is 56.2 Å². The SMILES string of the molecule is [CH2]c1ccc(OCCCN2CCN(C)CC2)cc1. The van der Waals surface area contributed by atoms with Crippen LogP contribution < -0.4 is 4.74 Å². The summed E-state index contributed by atoms with van der Waals surface area (Å²) in [4.78, 5) is 4.90. The highest BCUT2D eigenvalue weighted by atomic mass is 16.5. The largest absolute Gasteiger partial charge is 0.494 e. The Hall–Kier alpha value is -1.06. The zero-order chi connectivity index (χ0) is 12.8. The first-order valence-corrected chi connectivity index (χ1v) is 6.70. The molecule has 3 nitrogen and oxygen atoms in total. The molecule has 18 heavy (non-hydrogen) atoms. The minimum Gasteiger partial charge on any atom is -0.494 e. The van der Waals surface area contributed by atoms with Gasteiger partial charge in [-0.2, -0.15) is 0 Å². The summed E-state index contributed by atoms with van der Waals surface area (Å²) in [6.07, 6.45) is 1.09. The Morgan fingerprint density at radius 2 is 1.78 bits per heavy atom. The van der Waals surface area contributed by atoms with Gasteiger partial charge >= 0.3 is 0 Å². The van der Waals surface area contributed by atoms with Gasteiger partial charge in [0.05, 0.1) is 6.61 Å². The molecule has 1 fully saturated rings. The number of hydrogen-bond donors (Lipinski definition) is 0. The molecule has 0 atom stereocenters. The van der Waals surface area contributed by atoms with Gasteiger partial charge in [0.2, 0.25) is 0 Å². The Bertz CT molecular complexity index is 342. The van der Waals surface area contributed by atoms with E-state index in [1.54, 1.807) is 0 Å². The molecule has 2 rings (SSSR count). The lowest BCUT2D eigenvalue weighted by Gasteiger charge is -2.32. The van der Waals surface area contributed by atoms with E-state index in [0.29, 0.717) is 0 Å². The molecule has 0 N–H and O–H groups in total. The summed E-state index contributed by atoms with van der Waals surface area (Å²) in [6.45, 7) is 10.5. The Balaban J connectivity index is 1.60. The van der Waals surface area contributed by atoms with Crippen LogP contribution in [0.25, 0.3) is 0 Å². The van der Waals surface area contributed by atoms with Crippen molar-refractivity contribution in [2.24, 2.45) is 0 Å². The molecule has 3 heteroatoms. The molecule has 0 spiro atoms. The summed E-state index contributed by atoms with van der Waals surface area (Å²) in [5, 5.41) is 0. The Labute approximate surface area is 110 Å². The third-order valence-corrected chi connectivity index (χ3v) is 3.41. The van der Waals surface area contributed by atoms with Gasteiger partial charge < -0.3 is 14.5 Å². The third-order valence-electron chi connectivity index (χ3n) is 3.41. The van der Waals surface area contributed by atoms with Gasteiger partial charge in [-0.25, -0.2) is 0 Å². The van der Waals surface area contributed by atoms with E-state index in [1.807, 2.05) is 24.3 Å². The van der Waals surface area contributed by atoms with E-state index in [0.717, 1.165) is 30.9 Å². The molecule has 0 aromatic heterocycles. The lowest BCUT2D eigenvalue weighted by atomic mass is 10.2. The predicted molar refractivity (Wildman–Crippen MR) is 75.0 cm³/mol. The monoisotopic (exact) mass is 247 g/mol. The van der Waals surface area contributed by atoms with Crippen molar-refractivity contribution < 1.29 is 4.74 Å². The third kappa shape index (κ3) is 4.31. The first kappa shape index (κ1) is 13.4. The molecule has 0 unspecified atom stereocenters. The fraction of sp³-hybridized carbons (Fsp3) is 0.533. The van der Waals surface area contributed by atoms with Crippen molar-refractivity contribution >= 4 is 0 Å². The first-order chi connectivity index (χ1) is 8.74. The summed E-state index contributed by atoms with van der Waals surface area (Å²) >= 11 is 0. The van der Waals surface area contributed by atoms with Crippen molar-refractivity contribution in [1.29, 1.82) is 0 Å². The number of benzene rings is 1. The highest BCUT2D eigenvalue weighted by Gasteiger charge is 2.12. The van der Waals surface area contributed by atoms with Crippen LogP contribution in [0, 0.1) is 6.92 Å². The molecule has 1 radical (unpaired) electrons. The molecule has 1 aromatic carbocycles. The van der Waals surface area contributed by atoms with Crippen LogP contribution in [0.3, 0.4) is 0 Å². The summed E-state index contributed by atoms with van der Waals surface area (Å²) in [5.74, 6) is 0.945. The van der Waals surface area contributed by atoms with E-state index in [9.17, 15) is 0 Å². The molecule has 1 heterocycles. The molecule has 0 bridgehead atoms. The average molecular weight is 247 g/mol. The molecular formula is C15H23N2O. The molecule has 1 aliphatic rings.